The predicted molar refractivity (Wildman–Crippen MR) is 210 cm³/mol. The number of benzene rings is 6. The minimum Gasteiger partial charge on any atom is -0.0543 e. The van der Waals surface area contributed by atoms with E-state index >= 15 is 0 Å². The molecule has 0 spiro atoms. The Labute approximate surface area is 296 Å². The van der Waals surface area contributed by atoms with Crippen molar-refractivity contribution in [3.8, 4) is 22.8 Å². The maximum atomic E-state index is 6.70. The van der Waals surface area contributed by atoms with E-state index in [1.54, 1.807) is 0 Å². The van der Waals surface area contributed by atoms with Gasteiger partial charge in [-0.3, -0.25) is 0 Å². The Hall–Kier alpha value is -5.59. The molecule has 0 atom stereocenters. The number of aryl methyl sites for hydroxylation is 3. The molecule has 7 aromatic rings. The minimum atomic E-state index is -3.31. The van der Waals surface area contributed by atoms with E-state index in [9.17, 15) is 0 Å². The predicted octanol–water partition coefficient (Wildman–Crippen LogP) is 8.40. The summed E-state index contributed by atoms with van der Waals surface area (Å²) in [6.45, 7) is 7.32. The van der Waals surface area contributed by atoms with E-state index in [0.29, 0.717) is 0 Å². The minimum absolute atomic E-state index is 0.724. The Bertz CT molecular complexity index is 2330. The third-order valence-corrected chi connectivity index (χ3v) is 20.5. The summed E-state index contributed by atoms with van der Waals surface area (Å²) in [6.07, 6.45) is 1.92. The van der Waals surface area contributed by atoms with Crippen molar-refractivity contribution in [1.82, 2.24) is 4.98 Å². The number of rotatable bonds is 6. The molecule has 2 aliphatic heterocycles. The van der Waals surface area contributed by atoms with Gasteiger partial charge in [-0.05, 0) is 31.9 Å². The van der Waals surface area contributed by atoms with Crippen LogP contribution in [0.2, 0.25) is 0 Å². The van der Waals surface area contributed by atoms with Gasteiger partial charge >= 0.3 is 242 Å². The second-order valence-corrected chi connectivity index (χ2v) is 21.3. The van der Waals surface area contributed by atoms with Crippen LogP contribution in [0.15, 0.2) is 158 Å². The third kappa shape index (κ3) is 4.78. The van der Waals surface area contributed by atoms with Gasteiger partial charge in [-0.2, -0.15) is 0 Å². The maximum absolute atomic E-state index is 6.70. The number of para-hydroxylation sites is 2. The summed E-state index contributed by atoms with van der Waals surface area (Å²) in [7, 11) is 0. The quantitative estimate of drug-likeness (QED) is 0.162. The number of anilines is 4. The van der Waals surface area contributed by atoms with E-state index < -0.39 is 13.3 Å². The molecule has 1 aromatic heterocycles. The molecule has 50 heavy (non-hydrogen) atoms. The van der Waals surface area contributed by atoms with E-state index in [1.807, 2.05) is 12.3 Å². The van der Waals surface area contributed by atoms with Crippen LogP contribution >= 0.6 is 0 Å². The van der Waals surface area contributed by atoms with Crippen LogP contribution in [0.3, 0.4) is 0 Å². The fourth-order valence-electron chi connectivity index (χ4n) is 8.42. The summed E-state index contributed by atoms with van der Waals surface area (Å²) in [5.74, 6) is 1.62. The molecule has 0 amide bonds. The van der Waals surface area contributed by atoms with Gasteiger partial charge in [0.1, 0.15) is 0 Å². The first-order valence-corrected chi connectivity index (χ1v) is 21.4. The van der Waals surface area contributed by atoms with Gasteiger partial charge in [-0.25, -0.2) is 0 Å². The molecular weight excluding hydrogens is 671 g/mol. The van der Waals surface area contributed by atoms with E-state index in [-0.39, 0.29) is 0 Å². The second-order valence-electron chi connectivity index (χ2n) is 13.4. The topological polar surface area (TPSA) is 28.6 Å². The number of hydrogen-bond acceptors (Lipinski definition) is 4. The van der Waals surface area contributed by atoms with Crippen molar-refractivity contribution < 1.29 is 4.74 Å². The normalized spacial score (nSPS) is 13.9. The number of fused-ring (bicyclic) bond motifs is 4. The smallest absolute Gasteiger partial charge is 0.0268 e. The van der Waals surface area contributed by atoms with Crippen LogP contribution in [0.25, 0.3) is 11.3 Å². The molecule has 4 nitrogen and oxygen atoms in total. The fraction of sp³-hybridized carbons (Fsp3) is 0.0889. The van der Waals surface area contributed by atoms with Crippen LogP contribution in [-0.4, -0.2) is 24.9 Å². The molecular formula is C45H37GeN3O. The third-order valence-electron chi connectivity index (χ3n) is 10.3. The van der Waals surface area contributed by atoms with Gasteiger partial charge in [0.25, 0.3) is 0 Å². The molecule has 242 valence electrons. The summed E-state index contributed by atoms with van der Waals surface area (Å²) in [5, 5.41) is 0. The molecule has 0 saturated heterocycles. The van der Waals surface area contributed by atoms with Gasteiger partial charge in [-0.1, -0.05) is 23.8 Å². The maximum Gasteiger partial charge on any atom is -0.0268 e. The SMILES string of the molecule is Cc1cc(C)c(N2CN(c3cccc(Oc4cc[c]5c(c4)-c4nccc[c]4[Ge]5([c]4ccccc4)[c]4ccccc4)c3)c3ccccc32)c(C)c1. The van der Waals surface area contributed by atoms with E-state index in [2.05, 4.69) is 176 Å². The van der Waals surface area contributed by atoms with E-state index in [4.69, 9.17) is 9.72 Å². The number of hydrogen-bond donors (Lipinski definition) is 0. The van der Waals surface area contributed by atoms with Gasteiger partial charge < -0.3 is 0 Å². The average Bonchev–Trinajstić information content (AvgIpc) is 3.66. The molecule has 6 aromatic carbocycles. The molecule has 2 aliphatic rings. The van der Waals surface area contributed by atoms with E-state index in [0.717, 1.165) is 29.5 Å². The molecule has 0 aliphatic carbocycles. The van der Waals surface area contributed by atoms with Crippen molar-refractivity contribution in [2.75, 3.05) is 16.5 Å². The van der Waals surface area contributed by atoms with Crippen LogP contribution in [-0.2, 0) is 0 Å². The largest absolute Gasteiger partial charge is 0.0543 e. The average molecular weight is 708 g/mol. The number of pyridine rings is 1. The Morgan fingerprint density at radius 2 is 1.20 bits per heavy atom. The molecule has 0 saturated carbocycles. The monoisotopic (exact) mass is 709 g/mol. The Morgan fingerprint density at radius 1 is 0.560 bits per heavy atom. The van der Waals surface area contributed by atoms with Crippen LogP contribution < -0.4 is 32.1 Å². The first-order chi connectivity index (χ1) is 24.5. The molecule has 9 rings (SSSR count). The first-order valence-electron chi connectivity index (χ1n) is 17.2. The molecule has 0 bridgehead atoms. The summed E-state index contributed by atoms with van der Waals surface area (Å²) in [6, 6.07) is 55.0. The summed E-state index contributed by atoms with van der Waals surface area (Å²) >= 11 is -3.31. The van der Waals surface area contributed by atoms with Crippen molar-refractivity contribution in [2.45, 2.75) is 20.8 Å². The van der Waals surface area contributed by atoms with Gasteiger partial charge in [0.2, 0.25) is 0 Å². The van der Waals surface area contributed by atoms with Gasteiger partial charge in [0, 0.05) is 0 Å². The van der Waals surface area contributed by atoms with Gasteiger partial charge in [0.15, 0.2) is 0 Å². The second kappa shape index (κ2) is 12.1. The molecule has 5 heteroatoms. The summed E-state index contributed by atoms with van der Waals surface area (Å²) < 4.78 is 12.3. The Balaban J connectivity index is 1.09. The summed E-state index contributed by atoms with van der Waals surface area (Å²) in [4.78, 5) is 9.83. The van der Waals surface area contributed by atoms with Crippen molar-refractivity contribution >= 4 is 53.6 Å². The Kier molecular flexibility index (Phi) is 7.36. The number of nitrogens with zero attached hydrogens (tertiary/aromatic N) is 3. The van der Waals surface area contributed by atoms with E-state index in [1.165, 1.54) is 56.9 Å². The molecule has 0 fully saturated rings. The number of aromatic nitrogens is 1. The fourth-order valence-corrected chi connectivity index (χ4v) is 19.1. The van der Waals surface area contributed by atoms with Gasteiger partial charge in [0.05, 0.1) is 0 Å². The van der Waals surface area contributed by atoms with Gasteiger partial charge in [-0.15, -0.1) is 0 Å². The zero-order valence-electron chi connectivity index (χ0n) is 28.5. The molecule has 0 radical (unpaired) electrons. The van der Waals surface area contributed by atoms with Crippen molar-refractivity contribution in [3.63, 3.8) is 0 Å². The summed E-state index contributed by atoms with van der Waals surface area (Å²) in [5.41, 5.74) is 10.9. The van der Waals surface area contributed by atoms with Crippen LogP contribution in [0.5, 0.6) is 11.5 Å². The van der Waals surface area contributed by atoms with Crippen molar-refractivity contribution in [1.29, 1.82) is 0 Å². The molecule has 0 N–H and O–H groups in total. The van der Waals surface area contributed by atoms with Crippen LogP contribution in [0.4, 0.5) is 22.7 Å². The zero-order valence-corrected chi connectivity index (χ0v) is 30.6. The van der Waals surface area contributed by atoms with Crippen LogP contribution in [0.1, 0.15) is 16.7 Å². The van der Waals surface area contributed by atoms with Crippen molar-refractivity contribution in [3.05, 3.63) is 175 Å². The van der Waals surface area contributed by atoms with Crippen molar-refractivity contribution in [2.24, 2.45) is 0 Å². The standard InChI is InChI=1S/C45H37GeN3O/c1-31-26-32(2)45(33(3)27-31)49-30-48(42-21-10-11-22-43(42)49)36-18-12-19-37(28-36)50-38-23-24-40-39(29-38)44-41(20-13-25-47-44)46(40,34-14-6-4-7-15-34)35-16-8-5-9-17-35/h4-29H,30H2,1-3H3. The molecule has 3 heterocycles. The Morgan fingerprint density at radius 3 is 1.90 bits per heavy atom. The first kappa shape index (κ1) is 30.5. The number of ether oxygens (including phenoxy) is 1. The zero-order chi connectivity index (χ0) is 33.8. The molecule has 0 unspecified atom stereocenters. The van der Waals surface area contributed by atoms with Crippen LogP contribution in [0, 0.1) is 20.8 Å².